The molecule has 0 bridgehead atoms. The molecule has 0 saturated carbocycles. The van der Waals surface area contributed by atoms with E-state index >= 15 is 0 Å². The van der Waals surface area contributed by atoms with Gasteiger partial charge < -0.3 is 30.9 Å². The zero-order valence-corrected chi connectivity index (χ0v) is 38.1. The number of carbonyl (C=O) groups is 6. The van der Waals surface area contributed by atoms with Gasteiger partial charge in [-0.25, -0.2) is 14.4 Å². The van der Waals surface area contributed by atoms with Crippen molar-refractivity contribution in [3.63, 3.8) is 0 Å². The van der Waals surface area contributed by atoms with Crippen LogP contribution in [-0.2, 0) is 9.47 Å². The number of nitrogens with two attached hydrogens (primary N) is 1. The molecule has 322 valence electrons. The second kappa shape index (κ2) is 25.5. The van der Waals surface area contributed by atoms with E-state index in [0.29, 0.717) is 56.0 Å². The van der Waals surface area contributed by atoms with Crippen LogP contribution in [0.3, 0.4) is 0 Å². The van der Waals surface area contributed by atoms with Gasteiger partial charge in [-0.05, 0) is 101 Å². The van der Waals surface area contributed by atoms with E-state index in [2.05, 4.69) is 20.1 Å². The minimum atomic E-state index is -1.15. The minimum absolute atomic E-state index is 0. The van der Waals surface area contributed by atoms with Crippen LogP contribution in [0.25, 0.3) is 0 Å². The lowest BCUT2D eigenvalue weighted by molar-refractivity contribution is 0.0593. The summed E-state index contributed by atoms with van der Waals surface area (Å²) in [4.78, 5) is 69.3. The van der Waals surface area contributed by atoms with Crippen LogP contribution in [0.1, 0.15) is 67.5 Å². The maximum atomic E-state index is 12.1. The summed E-state index contributed by atoms with van der Waals surface area (Å²) in [5, 5.41) is 21.1. The molecule has 6 rings (SSSR count). The van der Waals surface area contributed by atoms with Crippen molar-refractivity contribution in [2.75, 3.05) is 30.6 Å². The van der Waals surface area contributed by atoms with Crippen molar-refractivity contribution in [3.8, 4) is 0 Å². The van der Waals surface area contributed by atoms with E-state index < -0.39 is 35.0 Å². The highest BCUT2D eigenvalue weighted by atomic mass is 35.5. The highest BCUT2D eigenvalue weighted by Gasteiger charge is 2.19. The van der Waals surface area contributed by atoms with Crippen molar-refractivity contribution in [3.05, 3.63) is 150 Å². The van der Waals surface area contributed by atoms with Crippen LogP contribution in [0, 0.1) is 0 Å². The smallest absolute Gasteiger partial charge is 0.339 e. The fourth-order valence-electron chi connectivity index (χ4n) is 4.25. The molecule has 0 spiro atoms. The average molecular weight is 1030 g/mol. The molecule has 0 unspecified atom stereocenters. The van der Waals surface area contributed by atoms with Gasteiger partial charge in [0.15, 0.2) is 0 Å². The van der Waals surface area contributed by atoms with Crippen molar-refractivity contribution in [2.45, 2.75) is 7.43 Å². The maximum absolute atomic E-state index is 12.1. The topological polar surface area (TPSA) is 191 Å². The summed E-state index contributed by atoms with van der Waals surface area (Å²) in [6, 6.07) is 18.1. The Morgan fingerprint density at radius 3 is 1.26 bits per heavy atom. The first-order valence-electron chi connectivity index (χ1n) is 15.9. The normalized spacial score (nSPS) is 9.79. The highest BCUT2D eigenvalue weighted by molar-refractivity contribution is 7.14. The van der Waals surface area contributed by atoms with Gasteiger partial charge in [0.25, 0.3) is 17.1 Å². The van der Waals surface area contributed by atoms with Gasteiger partial charge in [-0.1, -0.05) is 77.0 Å². The van der Waals surface area contributed by atoms with Crippen LogP contribution in [0.4, 0.5) is 17.1 Å². The van der Waals surface area contributed by atoms with Crippen LogP contribution < -0.4 is 16.4 Å². The van der Waals surface area contributed by atoms with Crippen molar-refractivity contribution >= 4 is 167 Å². The molecule has 0 fully saturated rings. The number of methoxy groups -OCH3 is 2. The molecule has 0 aliphatic heterocycles. The van der Waals surface area contributed by atoms with Gasteiger partial charge in [0.1, 0.15) is 14.6 Å². The Bertz CT molecular complexity index is 2530. The van der Waals surface area contributed by atoms with E-state index in [-0.39, 0.29) is 29.9 Å². The number of nitrogen functional groups attached to an aromatic ring is 1. The third-order valence-electron chi connectivity index (χ3n) is 6.96. The van der Waals surface area contributed by atoms with Crippen molar-refractivity contribution < 1.29 is 43.3 Å². The molecule has 0 saturated heterocycles. The minimum Gasteiger partial charge on any atom is -0.478 e. The second-order valence-electron chi connectivity index (χ2n) is 10.9. The lowest BCUT2D eigenvalue weighted by Crippen LogP contribution is -2.14. The summed E-state index contributed by atoms with van der Waals surface area (Å²) >= 11 is 43.3. The van der Waals surface area contributed by atoms with E-state index in [0.717, 1.165) is 0 Å². The van der Waals surface area contributed by atoms with Gasteiger partial charge in [-0.15, -0.1) is 34.0 Å². The summed E-state index contributed by atoms with van der Waals surface area (Å²) in [5.41, 5.74) is 6.77. The first-order valence-corrected chi connectivity index (χ1v) is 21.2. The third-order valence-corrected chi connectivity index (χ3v) is 12.0. The molecule has 22 heteroatoms. The zero-order chi connectivity index (χ0) is 44.7. The van der Waals surface area contributed by atoms with Crippen molar-refractivity contribution in [1.29, 1.82) is 0 Å². The first-order chi connectivity index (χ1) is 28.4. The van der Waals surface area contributed by atoms with Crippen LogP contribution in [0.15, 0.2) is 88.9 Å². The van der Waals surface area contributed by atoms with Crippen LogP contribution in [0.5, 0.6) is 0 Å². The summed E-state index contributed by atoms with van der Waals surface area (Å²) < 4.78 is 9.15. The fraction of sp³-hybridized carbons (Fsp3) is 0.0769. The molecule has 0 aliphatic carbocycles. The quantitative estimate of drug-likeness (QED) is 0.0648. The number of carbonyl (C=O) groups excluding carboxylic acids is 5. The number of halogens is 7. The molecular formula is C39H30Cl7N3O9S3. The number of benzene rings is 3. The number of anilines is 3. The molecule has 2 amide bonds. The van der Waals surface area contributed by atoms with Gasteiger partial charge in [0.05, 0.1) is 57.4 Å². The van der Waals surface area contributed by atoms with E-state index in [9.17, 15) is 28.8 Å². The zero-order valence-electron chi connectivity index (χ0n) is 30.3. The number of ether oxygens (including phenoxy) is 2. The molecule has 6 aromatic rings. The number of hydrogen-bond donors (Lipinski definition) is 4. The van der Waals surface area contributed by atoms with Gasteiger partial charge in [0.2, 0.25) is 0 Å². The Morgan fingerprint density at radius 2 is 0.918 bits per heavy atom. The maximum Gasteiger partial charge on any atom is 0.339 e. The molecule has 3 heterocycles. The molecule has 12 nitrogen and oxygen atoms in total. The number of amides is 2. The van der Waals surface area contributed by atoms with E-state index in [4.69, 9.17) is 92.0 Å². The Morgan fingerprint density at radius 1 is 0.557 bits per heavy atom. The Hall–Kier alpha value is -4.39. The highest BCUT2D eigenvalue weighted by Crippen LogP contribution is 2.28. The van der Waals surface area contributed by atoms with Crippen LogP contribution in [-0.4, -0.2) is 54.3 Å². The van der Waals surface area contributed by atoms with Crippen molar-refractivity contribution in [2.24, 2.45) is 0 Å². The van der Waals surface area contributed by atoms with Gasteiger partial charge in [-0.2, -0.15) is 0 Å². The Kier molecular flexibility index (Phi) is 22.1. The first kappa shape index (κ1) is 52.7. The van der Waals surface area contributed by atoms with Crippen LogP contribution in [0.2, 0.25) is 30.1 Å². The standard InChI is InChI=1S/C13H9Cl2NO3S.C12H7Cl2NO3S.C8H8ClNO2.C5H2Cl2OS.CH4/c1-19-13(18)8-3-2-7(14)6-10(8)16-12(17)11-9(15)4-5-20-11;13-6-1-2-7(12(17)18)9(5-6)15-11(16)10-8(14)3-4-19-10;1-12-8(11)6-3-2-5(9)4-7(6)10;6-3-1-2-9-4(3)5(7)8;/h2-6H,1H3,(H,16,17);1-5H,(H,15,16)(H,17,18);2-4H,10H2,1H3;1-2H;1H4. The largest absolute Gasteiger partial charge is 0.478 e. The third kappa shape index (κ3) is 15.8. The predicted octanol–water partition coefficient (Wildman–Crippen LogP) is 13.2. The van der Waals surface area contributed by atoms with E-state index in [1.54, 1.807) is 46.5 Å². The summed E-state index contributed by atoms with van der Waals surface area (Å²) in [5.74, 6) is -3.04. The molecule has 3 aromatic heterocycles. The molecule has 3 aromatic carbocycles. The molecule has 0 atom stereocenters. The Balaban J connectivity index is 0.000000291. The number of rotatable bonds is 8. The fourth-order valence-corrected chi connectivity index (χ4v) is 8.10. The summed E-state index contributed by atoms with van der Waals surface area (Å²) in [7, 11) is 2.56. The Labute approximate surface area is 395 Å². The monoisotopic (exact) mass is 1020 g/mol. The number of aromatic carboxylic acids is 1. The van der Waals surface area contributed by atoms with E-state index in [1.807, 2.05) is 0 Å². The molecular weight excluding hydrogens is 999 g/mol. The number of carboxylic acid groups (broad SMARTS) is 1. The number of esters is 2. The molecule has 0 radical (unpaired) electrons. The predicted molar refractivity (Wildman–Crippen MR) is 249 cm³/mol. The summed E-state index contributed by atoms with van der Waals surface area (Å²) in [6.45, 7) is 0. The summed E-state index contributed by atoms with van der Waals surface area (Å²) in [6.07, 6.45) is 0. The molecule has 0 aliphatic rings. The van der Waals surface area contributed by atoms with Crippen molar-refractivity contribution in [1.82, 2.24) is 0 Å². The lowest BCUT2D eigenvalue weighted by Gasteiger charge is -2.09. The van der Waals surface area contributed by atoms with Gasteiger partial charge in [-0.3, -0.25) is 14.4 Å². The average Bonchev–Trinajstić information content (AvgIpc) is 3.96. The molecule has 61 heavy (non-hydrogen) atoms. The number of carboxylic acids is 1. The van der Waals surface area contributed by atoms with Gasteiger partial charge in [0, 0.05) is 20.8 Å². The molecule has 5 N–H and O–H groups in total. The SMILES string of the molecule is C.COC(=O)c1ccc(Cl)cc1N.COC(=O)c1ccc(Cl)cc1NC(=O)c1sccc1Cl.O=C(Cl)c1sccc1Cl.O=C(O)c1ccc(Cl)cc1NC(=O)c1sccc1Cl. The van der Waals surface area contributed by atoms with E-state index in [1.165, 1.54) is 90.7 Å². The van der Waals surface area contributed by atoms with Gasteiger partial charge >= 0.3 is 17.9 Å². The number of nitrogens with one attached hydrogen (secondary N) is 2. The lowest BCUT2D eigenvalue weighted by atomic mass is 10.1. The van der Waals surface area contributed by atoms with Crippen LogP contribution >= 0.6 is 115 Å². The number of hydrogen-bond acceptors (Lipinski definition) is 12. The number of thiophene rings is 3. The second-order valence-corrected chi connectivity index (χ2v) is 16.5.